The molecule has 0 fully saturated rings. The Balaban J connectivity index is 4.30. The van der Waals surface area contributed by atoms with Gasteiger partial charge in [-0.1, -0.05) is 13.8 Å². The zero-order valence-electron chi connectivity index (χ0n) is 8.95. The molecule has 5 heteroatoms. The fourth-order valence-electron chi connectivity index (χ4n) is 0.813. The van der Waals surface area contributed by atoms with E-state index in [0.717, 1.165) is 0 Å². The van der Waals surface area contributed by atoms with E-state index in [1.165, 1.54) is 0 Å². The Hall–Kier alpha value is -0.650. The van der Waals surface area contributed by atoms with Crippen LogP contribution in [0.15, 0.2) is 0 Å². The number of amides is 1. The largest absolute Gasteiger partial charge is 0.394 e. The first kappa shape index (κ1) is 13.4. The molecule has 0 aliphatic rings. The van der Waals surface area contributed by atoms with Gasteiger partial charge >= 0.3 is 0 Å². The number of hydrogen-bond acceptors (Lipinski definition) is 4. The predicted octanol–water partition coefficient (Wildman–Crippen LogP) is -1.17. The number of carbonyl (C=O) groups is 1. The molecule has 0 aliphatic carbocycles. The lowest BCUT2D eigenvalue weighted by Gasteiger charge is -2.28. The van der Waals surface area contributed by atoms with E-state index >= 15 is 0 Å². The highest BCUT2D eigenvalue weighted by atomic mass is 16.3. The number of hydrogen-bond donors (Lipinski definition) is 4. The van der Waals surface area contributed by atoms with Crippen LogP contribution in [-0.4, -0.2) is 40.9 Å². The number of aliphatic hydroxyl groups excluding tert-OH is 2. The summed E-state index contributed by atoms with van der Waals surface area (Å²) in [6.07, 6.45) is 0. The van der Waals surface area contributed by atoms with Crippen LogP contribution in [0.5, 0.6) is 0 Å². The molecule has 0 saturated heterocycles. The van der Waals surface area contributed by atoms with Crippen molar-refractivity contribution in [1.82, 2.24) is 5.32 Å². The first-order valence-electron chi connectivity index (χ1n) is 4.65. The van der Waals surface area contributed by atoms with Crippen molar-refractivity contribution in [2.24, 2.45) is 11.7 Å². The van der Waals surface area contributed by atoms with Gasteiger partial charge in [0.2, 0.25) is 5.91 Å². The SMILES string of the molecule is CC(C)C(N)C(=O)NC(C)(CO)CO. The van der Waals surface area contributed by atoms with E-state index in [4.69, 9.17) is 15.9 Å². The van der Waals surface area contributed by atoms with E-state index in [2.05, 4.69) is 5.32 Å². The maximum absolute atomic E-state index is 11.5. The van der Waals surface area contributed by atoms with E-state index in [-0.39, 0.29) is 25.0 Å². The molecule has 5 N–H and O–H groups in total. The van der Waals surface area contributed by atoms with Gasteiger partial charge in [-0.05, 0) is 12.8 Å². The zero-order valence-corrected chi connectivity index (χ0v) is 8.95. The fourth-order valence-corrected chi connectivity index (χ4v) is 0.813. The lowest BCUT2D eigenvalue weighted by Crippen LogP contribution is -2.57. The van der Waals surface area contributed by atoms with Crippen LogP contribution in [0.2, 0.25) is 0 Å². The number of nitrogens with two attached hydrogens (primary N) is 1. The highest BCUT2D eigenvalue weighted by molar-refractivity contribution is 5.82. The van der Waals surface area contributed by atoms with Crippen LogP contribution >= 0.6 is 0 Å². The van der Waals surface area contributed by atoms with Crippen LogP contribution in [0.4, 0.5) is 0 Å². The normalized spacial score (nSPS) is 14.2. The molecule has 0 spiro atoms. The molecule has 0 aromatic carbocycles. The van der Waals surface area contributed by atoms with Gasteiger partial charge in [0.1, 0.15) is 0 Å². The van der Waals surface area contributed by atoms with Crippen LogP contribution in [0, 0.1) is 5.92 Å². The molecule has 0 radical (unpaired) electrons. The van der Waals surface area contributed by atoms with E-state index in [1.807, 2.05) is 13.8 Å². The molecule has 0 aromatic heterocycles. The van der Waals surface area contributed by atoms with Gasteiger partial charge in [0.25, 0.3) is 0 Å². The maximum Gasteiger partial charge on any atom is 0.237 e. The third-order valence-electron chi connectivity index (χ3n) is 2.14. The van der Waals surface area contributed by atoms with Crippen molar-refractivity contribution >= 4 is 5.91 Å². The second-order valence-electron chi connectivity index (χ2n) is 4.14. The summed E-state index contributed by atoms with van der Waals surface area (Å²) in [4.78, 5) is 11.5. The molecule has 1 unspecified atom stereocenters. The van der Waals surface area contributed by atoms with Gasteiger partial charge < -0.3 is 21.3 Å². The van der Waals surface area contributed by atoms with Gasteiger partial charge in [0.05, 0.1) is 24.8 Å². The van der Waals surface area contributed by atoms with Crippen LogP contribution < -0.4 is 11.1 Å². The summed E-state index contributed by atoms with van der Waals surface area (Å²) in [7, 11) is 0. The molecular formula is C9H20N2O3. The van der Waals surface area contributed by atoms with Gasteiger partial charge in [-0.2, -0.15) is 0 Å². The van der Waals surface area contributed by atoms with Crippen molar-refractivity contribution in [1.29, 1.82) is 0 Å². The van der Waals surface area contributed by atoms with E-state index < -0.39 is 11.6 Å². The Kier molecular flexibility index (Phi) is 5.04. The summed E-state index contributed by atoms with van der Waals surface area (Å²) in [6.45, 7) is 4.58. The maximum atomic E-state index is 11.5. The molecule has 1 atom stereocenters. The summed E-state index contributed by atoms with van der Waals surface area (Å²) in [6, 6.07) is -0.618. The van der Waals surface area contributed by atoms with Crippen LogP contribution in [0.1, 0.15) is 20.8 Å². The van der Waals surface area contributed by atoms with Crippen LogP contribution in [0.3, 0.4) is 0 Å². The second kappa shape index (κ2) is 5.29. The van der Waals surface area contributed by atoms with Gasteiger partial charge in [0, 0.05) is 0 Å². The second-order valence-corrected chi connectivity index (χ2v) is 4.14. The molecule has 0 aliphatic heterocycles. The third kappa shape index (κ3) is 3.61. The Morgan fingerprint density at radius 2 is 1.86 bits per heavy atom. The smallest absolute Gasteiger partial charge is 0.237 e. The van der Waals surface area contributed by atoms with Gasteiger partial charge in [0.15, 0.2) is 0 Å². The molecule has 0 rings (SSSR count). The van der Waals surface area contributed by atoms with Crippen molar-refractivity contribution in [2.45, 2.75) is 32.4 Å². The van der Waals surface area contributed by atoms with E-state index in [1.54, 1.807) is 6.92 Å². The lowest BCUT2D eigenvalue weighted by molar-refractivity contribution is -0.126. The summed E-state index contributed by atoms with van der Waals surface area (Å²) in [5, 5.41) is 20.4. The highest BCUT2D eigenvalue weighted by Gasteiger charge is 2.28. The molecule has 0 heterocycles. The molecule has 0 aromatic rings. The minimum Gasteiger partial charge on any atom is -0.394 e. The fraction of sp³-hybridized carbons (Fsp3) is 0.889. The summed E-state index contributed by atoms with van der Waals surface area (Å²) in [5.41, 5.74) is 4.60. The van der Waals surface area contributed by atoms with Crippen molar-refractivity contribution in [3.63, 3.8) is 0 Å². The number of rotatable bonds is 5. The summed E-state index contributed by atoms with van der Waals surface area (Å²) < 4.78 is 0. The van der Waals surface area contributed by atoms with Crippen molar-refractivity contribution in [3.05, 3.63) is 0 Å². The first-order valence-corrected chi connectivity index (χ1v) is 4.65. The first-order chi connectivity index (χ1) is 6.36. The number of carbonyl (C=O) groups excluding carboxylic acids is 1. The monoisotopic (exact) mass is 204 g/mol. The van der Waals surface area contributed by atoms with Crippen molar-refractivity contribution < 1.29 is 15.0 Å². The van der Waals surface area contributed by atoms with Crippen molar-refractivity contribution in [2.75, 3.05) is 13.2 Å². The van der Waals surface area contributed by atoms with E-state index in [9.17, 15) is 4.79 Å². The quantitative estimate of drug-likeness (QED) is 0.454. The average molecular weight is 204 g/mol. The minimum atomic E-state index is -0.996. The topological polar surface area (TPSA) is 95.6 Å². The lowest BCUT2D eigenvalue weighted by atomic mass is 10.0. The molecule has 84 valence electrons. The molecule has 1 amide bonds. The number of aliphatic hydroxyl groups is 2. The molecule has 5 nitrogen and oxygen atoms in total. The number of nitrogens with one attached hydrogen (secondary N) is 1. The Morgan fingerprint density at radius 3 is 2.14 bits per heavy atom. The van der Waals surface area contributed by atoms with E-state index in [0.29, 0.717) is 0 Å². The average Bonchev–Trinajstić information content (AvgIpc) is 2.16. The molecule has 14 heavy (non-hydrogen) atoms. The minimum absolute atomic E-state index is 0.0247. The Bertz CT molecular complexity index is 190. The van der Waals surface area contributed by atoms with Gasteiger partial charge in [-0.25, -0.2) is 0 Å². The zero-order chi connectivity index (χ0) is 11.4. The highest BCUT2D eigenvalue weighted by Crippen LogP contribution is 2.04. The van der Waals surface area contributed by atoms with Crippen molar-refractivity contribution in [3.8, 4) is 0 Å². The molecule has 0 bridgehead atoms. The third-order valence-corrected chi connectivity index (χ3v) is 2.14. The van der Waals surface area contributed by atoms with Crippen LogP contribution in [0.25, 0.3) is 0 Å². The molecular weight excluding hydrogens is 184 g/mol. The predicted molar refractivity (Wildman–Crippen MR) is 53.5 cm³/mol. The summed E-state index contributed by atoms with van der Waals surface area (Å²) >= 11 is 0. The van der Waals surface area contributed by atoms with Gasteiger partial charge in [-0.15, -0.1) is 0 Å². The summed E-state index contributed by atoms with van der Waals surface area (Å²) in [5.74, 6) is -0.331. The Morgan fingerprint density at radius 1 is 1.43 bits per heavy atom. The van der Waals surface area contributed by atoms with Gasteiger partial charge in [-0.3, -0.25) is 4.79 Å². The Labute approximate surface area is 84.3 Å². The van der Waals surface area contributed by atoms with Crippen LogP contribution in [-0.2, 0) is 4.79 Å². The standard InChI is InChI=1S/C9H20N2O3/c1-6(2)7(10)8(14)11-9(3,4-12)5-13/h6-7,12-13H,4-5,10H2,1-3H3,(H,11,14). The molecule has 0 saturated carbocycles.